The van der Waals surface area contributed by atoms with Crippen LogP contribution >= 0.6 is 0 Å². The lowest BCUT2D eigenvalue weighted by atomic mass is 10.0. The van der Waals surface area contributed by atoms with Crippen molar-refractivity contribution in [2.24, 2.45) is 0 Å². The number of halogens is 1. The predicted molar refractivity (Wildman–Crippen MR) is 117 cm³/mol. The van der Waals surface area contributed by atoms with E-state index in [1.165, 1.54) is 67.8 Å². The van der Waals surface area contributed by atoms with Gasteiger partial charge in [0.05, 0.1) is 24.5 Å². The lowest BCUT2D eigenvalue weighted by Crippen LogP contribution is -2.30. The van der Waals surface area contributed by atoms with Gasteiger partial charge in [0.15, 0.2) is 0 Å². The molecule has 0 saturated heterocycles. The molecule has 1 unspecified atom stereocenters. The molecule has 1 amide bonds. The van der Waals surface area contributed by atoms with Crippen molar-refractivity contribution in [1.29, 1.82) is 0 Å². The monoisotopic (exact) mass is 456 g/mol. The largest absolute Gasteiger partial charge is 0.469 e. The number of amides is 1. The summed E-state index contributed by atoms with van der Waals surface area (Å²) in [4.78, 5) is 24.7. The zero-order chi connectivity index (χ0) is 23.1. The summed E-state index contributed by atoms with van der Waals surface area (Å²) in [5.41, 5.74) is 0.897. The molecular weight excluding hydrogens is 435 g/mol. The van der Waals surface area contributed by atoms with E-state index >= 15 is 0 Å². The van der Waals surface area contributed by atoms with Gasteiger partial charge in [0.2, 0.25) is 0 Å². The van der Waals surface area contributed by atoms with Crippen LogP contribution in [0.5, 0.6) is 0 Å². The van der Waals surface area contributed by atoms with Crippen LogP contribution in [-0.2, 0) is 19.6 Å². The molecule has 3 aromatic carbocycles. The molecule has 3 aromatic rings. The van der Waals surface area contributed by atoms with Gasteiger partial charge in [0.1, 0.15) is 5.82 Å². The summed E-state index contributed by atoms with van der Waals surface area (Å²) in [6.45, 7) is 0. The Kier molecular flexibility index (Phi) is 7.21. The SMILES string of the molecule is COC(=O)CC(NC(=O)c1cccc(NS(=O)(=O)c2ccccc2)c1)c1ccc(F)cc1. The van der Waals surface area contributed by atoms with Crippen LogP contribution in [0.15, 0.2) is 83.8 Å². The average molecular weight is 456 g/mol. The molecule has 32 heavy (non-hydrogen) atoms. The molecule has 0 fully saturated rings. The molecule has 0 aliphatic carbocycles. The number of sulfonamides is 1. The molecule has 3 rings (SSSR count). The van der Waals surface area contributed by atoms with Gasteiger partial charge >= 0.3 is 5.97 Å². The molecule has 2 N–H and O–H groups in total. The van der Waals surface area contributed by atoms with Crippen LogP contribution in [0, 0.1) is 5.82 Å². The first-order chi connectivity index (χ1) is 15.3. The Morgan fingerprint density at radius 3 is 2.31 bits per heavy atom. The summed E-state index contributed by atoms with van der Waals surface area (Å²) in [6, 6.07) is 18.4. The van der Waals surface area contributed by atoms with Crippen LogP contribution in [0.3, 0.4) is 0 Å². The van der Waals surface area contributed by atoms with Gasteiger partial charge in [0, 0.05) is 11.3 Å². The minimum atomic E-state index is -3.82. The summed E-state index contributed by atoms with van der Waals surface area (Å²) in [5, 5.41) is 2.72. The molecule has 0 spiro atoms. The quantitative estimate of drug-likeness (QED) is 0.504. The van der Waals surface area contributed by atoms with Gasteiger partial charge in [-0.2, -0.15) is 0 Å². The number of esters is 1. The number of hydrogen-bond donors (Lipinski definition) is 2. The smallest absolute Gasteiger partial charge is 0.307 e. The van der Waals surface area contributed by atoms with E-state index < -0.39 is 33.8 Å². The summed E-state index contributed by atoms with van der Waals surface area (Å²) in [5.74, 6) is -1.54. The van der Waals surface area contributed by atoms with Gasteiger partial charge < -0.3 is 10.1 Å². The summed E-state index contributed by atoms with van der Waals surface area (Å²) in [7, 11) is -2.59. The highest BCUT2D eigenvalue weighted by molar-refractivity contribution is 7.92. The van der Waals surface area contributed by atoms with Gasteiger partial charge in [-0.25, -0.2) is 12.8 Å². The molecule has 1 atom stereocenters. The number of hydrogen-bond acceptors (Lipinski definition) is 5. The number of carbonyl (C=O) groups excluding carboxylic acids is 2. The highest BCUT2D eigenvalue weighted by atomic mass is 32.2. The highest BCUT2D eigenvalue weighted by Crippen LogP contribution is 2.21. The maximum absolute atomic E-state index is 13.3. The number of anilines is 1. The summed E-state index contributed by atoms with van der Waals surface area (Å²) < 4.78 is 45.5. The number of carbonyl (C=O) groups is 2. The second-order valence-corrected chi connectivity index (χ2v) is 8.54. The topological polar surface area (TPSA) is 102 Å². The second-order valence-electron chi connectivity index (χ2n) is 6.86. The molecule has 0 saturated carbocycles. The van der Waals surface area contributed by atoms with Crippen LogP contribution < -0.4 is 10.0 Å². The van der Waals surface area contributed by atoms with E-state index in [0.29, 0.717) is 5.56 Å². The number of nitrogens with one attached hydrogen (secondary N) is 2. The van der Waals surface area contributed by atoms with Crippen LogP contribution in [0.1, 0.15) is 28.4 Å². The first-order valence-electron chi connectivity index (χ1n) is 9.59. The fourth-order valence-electron chi connectivity index (χ4n) is 2.98. The van der Waals surface area contributed by atoms with Crippen molar-refractivity contribution in [2.75, 3.05) is 11.8 Å². The Labute approximate surface area is 185 Å². The fraction of sp³-hybridized carbons (Fsp3) is 0.130. The van der Waals surface area contributed by atoms with Crippen LogP contribution in [0.25, 0.3) is 0 Å². The highest BCUT2D eigenvalue weighted by Gasteiger charge is 2.21. The van der Waals surface area contributed by atoms with Crippen molar-refractivity contribution >= 4 is 27.6 Å². The first kappa shape index (κ1) is 23.0. The fourth-order valence-corrected chi connectivity index (χ4v) is 4.05. The van der Waals surface area contributed by atoms with Crippen molar-refractivity contribution in [3.05, 3.63) is 95.8 Å². The standard InChI is InChI=1S/C23H21FN2O5S/c1-31-22(27)15-21(16-10-12-18(24)13-11-16)25-23(28)17-6-5-7-19(14-17)26-32(29,30)20-8-3-2-4-9-20/h2-14,21,26H,15H2,1H3,(H,25,28). The van der Waals surface area contributed by atoms with Crippen molar-refractivity contribution in [3.63, 3.8) is 0 Å². The molecule has 7 nitrogen and oxygen atoms in total. The van der Waals surface area contributed by atoms with Crippen molar-refractivity contribution in [3.8, 4) is 0 Å². The molecular formula is C23H21FN2O5S. The van der Waals surface area contributed by atoms with Crippen molar-refractivity contribution in [1.82, 2.24) is 5.32 Å². The third kappa shape index (κ3) is 5.92. The summed E-state index contributed by atoms with van der Waals surface area (Å²) >= 11 is 0. The minimum Gasteiger partial charge on any atom is -0.469 e. The lowest BCUT2D eigenvalue weighted by molar-refractivity contribution is -0.141. The van der Waals surface area contributed by atoms with Crippen LogP contribution in [0.4, 0.5) is 10.1 Å². The van der Waals surface area contributed by atoms with E-state index in [0.717, 1.165) is 0 Å². The van der Waals surface area contributed by atoms with Gasteiger partial charge in [-0.1, -0.05) is 36.4 Å². The number of ether oxygens (including phenoxy) is 1. The molecule has 0 bridgehead atoms. The Morgan fingerprint density at radius 1 is 0.969 bits per heavy atom. The van der Waals surface area contributed by atoms with E-state index in [-0.39, 0.29) is 22.6 Å². The lowest BCUT2D eigenvalue weighted by Gasteiger charge is -2.18. The molecule has 9 heteroatoms. The normalized spacial score (nSPS) is 11.9. The first-order valence-corrected chi connectivity index (χ1v) is 11.1. The third-order valence-corrected chi connectivity index (χ3v) is 6.00. The van der Waals surface area contributed by atoms with Gasteiger partial charge in [-0.3, -0.25) is 14.3 Å². The zero-order valence-electron chi connectivity index (χ0n) is 17.1. The third-order valence-electron chi connectivity index (χ3n) is 4.61. The van der Waals surface area contributed by atoms with Gasteiger partial charge in [0.25, 0.3) is 15.9 Å². The maximum Gasteiger partial charge on any atom is 0.307 e. The summed E-state index contributed by atoms with van der Waals surface area (Å²) in [6.07, 6.45) is -0.159. The number of rotatable bonds is 8. The van der Waals surface area contributed by atoms with Crippen LogP contribution in [-0.4, -0.2) is 27.4 Å². The van der Waals surface area contributed by atoms with E-state index in [1.807, 2.05) is 0 Å². The molecule has 0 aliphatic rings. The maximum atomic E-state index is 13.3. The Morgan fingerprint density at radius 2 is 1.66 bits per heavy atom. The molecule has 166 valence electrons. The van der Waals surface area contributed by atoms with E-state index in [1.54, 1.807) is 18.2 Å². The Balaban J connectivity index is 1.80. The van der Waals surface area contributed by atoms with Gasteiger partial charge in [-0.05, 0) is 48.0 Å². The predicted octanol–water partition coefficient (Wildman–Crippen LogP) is 3.66. The molecule has 0 heterocycles. The van der Waals surface area contributed by atoms with E-state index in [9.17, 15) is 22.4 Å². The average Bonchev–Trinajstić information content (AvgIpc) is 2.79. The number of benzene rings is 3. The second kappa shape index (κ2) is 10.1. The Bertz CT molecular complexity index is 1200. The van der Waals surface area contributed by atoms with E-state index in [2.05, 4.69) is 14.8 Å². The van der Waals surface area contributed by atoms with Gasteiger partial charge in [-0.15, -0.1) is 0 Å². The molecule has 0 radical (unpaired) electrons. The van der Waals surface area contributed by atoms with Crippen molar-refractivity contribution in [2.45, 2.75) is 17.4 Å². The van der Waals surface area contributed by atoms with E-state index in [4.69, 9.17) is 0 Å². The molecule has 0 aromatic heterocycles. The van der Waals surface area contributed by atoms with Crippen molar-refractivity contribution < 1.29 is 27.1 Å². The van der Waals surface area contributed by atoms with Crippen LogP contribution in [0.2, 0.25) is 0 Å². The Hall–Kier alpha value is -3.72. The number of methoxy groups -OCH3 is 1. The zero-order valence-corrected chi connectivity index (χ0v) is 17.9. The molecule has 0 aliphatic heterocycles. The minimum absolute atomic E-state index is 0.0873.